The van der Waals surface area contributed by atoms with Gasteiger partial charge in [-0.25, -0.2) is 0 Å². The highest BCUT2D eigenvalue weighted by Gasteiger charge is 2.19. The molecule has 19 heavy (non-hydrogen) atoms. The zero-order valence-corrected chi connectivity index (χ0v) is 11.2. The van der Waals surface area contributed by atoms with E-state index in [-0.39, 0.29) is 6.04 Å². The lowest BCUT2D eigenvalue weighted by molar-refractivity contribution is 0.560. The van der Waals surface area contributed by atoms with Crippen LogP contribution in [0.2, 0.25) is 5.22 Å². The summed E-state index contributed by atoms with van der Waals surface area (Å²) in [6, 6.07) is 12.0. The van der Waals surface area contributed by atoms with Crippen molar-refractivity contribution in [3.63, 3.8) is 0 Å². The van der Waals surface area contributed by atoms with E-state index in [1.807, 2.05) is 31.3 Å². The Hall–Kier alpha value is -1.84. The molecule has 4 heteroatoms. The van der Waals surface area contributed by atoms with Crippen LogP contribution in [-0.4, -0.2) is 12.0 Å². The van der Waals surface area contributed by atoms with Crippen LogP contribution in [0.4, 0.5) is 0 Å². The van der Waals surface area contributed by atoms with Gasteiger partial charge in [-0.05, 0) is 42.4 Å². The van der Waals surface area contributed by atoms with Gasteiger partial charge >= 0.3 is 0 Å². The van der Waals surface area contributed by atoms with Crippen LogP contribution in [0.5, 0.6) is 0 Å². The van der Waals surface area contributed by atoms with Crippen molar-refractivity contribution in [2.45, 2.75) is 6.04 Å². The van der Waals surface area contributed by atoms with Crippen molar-refractivity contribution in [3.05, 3.63) is 65.2 Å². The molecule has 1 aromatic carbocycles. The maximum Gasteiger partial charge on any atom is 0.198 e. The first-order valence-corrected chi connectivity index (χ1v) is 6.43. The molecule has 0 bridgehead atoms. The first-order chi connectivity index (χ1) is 9.31. The van der Waals surface area contributed by atoms with Crippen molar-refractivity contribution in [1.82, 2.24) is 10.3 Å². The molecule has 3 rings (SSSR count). The number of rotatable bonds is 3. The lowest BCUT2D eigenvalue weighted by atomic mass is 9.97. The summed E-state index contributed by atoms with van der Waals surface area (Å²) in [6.45, 7) is 0. The number of halogens is 1. The van der Waals surface area contributed by atoms with E-state index in [0.29, 0.717) is 5.22 Å². The van der Waals surface area contributed by atoms with E-state index in [1.54, 1.807) is 12.5 Å². The summed E-state index contributed by atoms with van der Waals surface area (Å²) in [7, 11) is 1.91. The Kier molecular flexibility index (Phi) is 3.23. The Balaban J connectivity index is 2.20. The second-order valence-corrected chi connectivity index (χ2v) is 4.63. The number of nitrogens with one attached hydrogen (secondary N) is 1. The van der Waals surface area contributed by atoms with Crippen LogP contribution in [0.25, 0.3) is 10.9 Å². The fourth-order valence-electron chi connectivity index (χ4n) is 2.37. The molecule has 0 aliphatic rings. The second-order valence-electron chi connectivity index (χ2n) is 4.29. The zero-order chi connectivity index (χ0) is 13.2. The van der Waals surface area contributed by atoms with Gasteiger partial charge in [-0.2, -0.15) is 0 Å². The molecule has 1 N–H and O–H groups in total. The normalized spacial score (nSPS) is 12.7. The van der Waals surface area contributed by atoms with E-state index >= 15 is 0 Å². The molecule has 0 aliphatic carbocycles. The lowest BCUT2D eigenvalue weighted by Gasteiger charge is -2.17. The predicted octanol–water partition coefficient (Wildman–Crippen LogP) is 3.79. The summed E-state index contributed by atoms with van der Waals surface area (Å²) < 4.78 is 5.19. The molecule has 0 radical (unpaired) electrons. The predicted molar refractivity (Wildman–Crippen MR) is 76.4 cm³/mol. The van der Waals surface area contributed by atoms with Gasteiger partial charge < -0.3 is 9.73 Å². The molecular formula is C15H13ClN2O. The topological polar surface area (TPSA) is 38.1 Å². The minimum absolute atomic E-state index is 0.0147. The average Bonchev–Trinajstić information content (AvgIpc) is 2.86. The van der Waals surface area contributed by atoms with Crippen LogP contribution >= 0.6 is 11.6 Å². The van der Waals surface area contributed by atoms with Crippen LogP contribution in [0.1, 0.15) is 17.2 Å². The maximum atomic E-state index is 6.09. The van der Waals surface area contributed by atoms with Crippen molar-refractivity contribution < 1.29 is 4.42 Å². The molecule has 3 nitrogen and oxygen atoms in total. The number of hydrogen-bond donors (Lipinski definition) is 1. The minimum Gasteiger partial charge on any atom is -0.453 e. The highest BCUT2D eigenvalue weighted by atomic mass is 35.5. The Morgan fingerprint density at radius 3 is 2.79 bits per heavy atom. The summed E-state index contributed by atoms with van der Waals surface area (Å²) in [5, 5.41) is 4.81. The van der Waals surface area contributed by atoms with Gasteiger partial charge in [0.2, 0.25) is 0 Å². The van der Waals surface area contributed by atoms with Crippen molar-refractivity contribution in [2.24, 2.45) is 0 Å². The average molecular weight is 273 g/mol. The lowest BCUT2D eigenvalue weighted by Crippen LogP contribution is -2.17. The third-order valence-electron chi connectivity index (χ3n) is 3.24. The Morgan fingerprint density at radius 1 is 1.16 bits per heavy atom. The van der Waals surface area contributed by atoms with Crippen LogP contribution in [0, 0.1) is 0 Å². The summed E-state index contributed by atoms with van der Waals surface area (Å²) in [5.74, 6) is 0. The molecule has 1 unspecified atom stereocenters. The zero-order valence-electron chi connectivity index (χ0n) is 10.4. The van der Waals surface area contributed by atoms with Gasteiger partial charge in [0.05, 0.1) is 17.8 Å². The summed E-state index contributed by atoms with van der Waals surface area (Å²) in [4.78, 5) is 4.38. The molecule has 96 valence electrons. The SMILES string of the molecule is CNC(c1ccoc1Cl)c1cccc2ncccc12. The van der Waals surface area contributed by atoms with E-state index in [9.17, 15) is 0 Å². The van der Waals surface area contributed by atoms with Crippen LogP contribution in [0.3, 0.4) is 0 Å². The molecular weight excluding hydrogens is 260 g/mol. The van der Waals surface area contributed by atoms with Crippen molar-refractivity contribution in [2.75, 3.05) is 7.05 Å². The minimum atomic E-state index is -0.0147. The third kappa shape index (κ3) is 2.11. The Bertz CT molecular complexity index is 703. The van der Waals surface area contributed by atoms with E-state index in [1.165, 1.54) is 0 Å². The smallest absolute Gasteiger partial charge is 0.198 e. The van der Waals surface area contributed by atoms with Crippen molar-refractivity contribution in [3.8, 4) is 0 Å². The van der Waals surface area contributed by atoms with Crippen molar-refractivity contribution >= 4 is 22.5 Å². The maximum absolute atomic E-state index is 6.09. The first-order valence-electron chi connectivity index (χ1n) is 6.05. The van der Waals surface area contributed by atoms with E-state index in [4.69, 9.17) is 16.0 Å². The van der Waals surface area contributed by atoms with E-state index < -0.39 is 0 Å². The van der Waals surface area contributed by atoms with Crippen LogP contribution < -0.4 is 5.32 Å². The quantitative estimate of drug-likeness (QED) is 0.788. The first kappa shape index (κ1) is 12.2. The van der Waals surface area contributed by atoms with Gasteiger partial charge in [0.25, 0.3) is 0 Å². The molecule has 2 heterocycles. The highest BCUT2D eigenvalue weighted by molar-refractivity contribution is 6.29. The van der Waals surface area contributed by atoms with Gasteiger partial charge in [-0.15, -0.1) is 0 Å². The molecule has 0 amide bonds. The number of fused-ring (bicyclic) bond motifs is 1. The van der Waals surface area contributed by atoms with Gasteiger partial charge in [-0.1, -0.05) is 18.2 Å². The van der Waals surface area contributed by atoms with Gasteiger partial charge in [0, 0.05) is 17.1 Å². The Labute approximate surface area is 116 Å². The van der Waals surface area contributed by atoms with Gasteiger partial charge in [-0.3, -0.25) is 4.98 Å². The van der Waals surface area contributed by atoms with Crippen molar-refractivity contribution in [1.29, 1.82) is 0 Å². The fraction of sp³-hybridized carbons (Fsp3) is 0.133. The largest absolute Gasteiger partial charge is 0.453 e. The van der Waals surface area contributed by atoms with Crippen LogP contribution in [-0.2, 0) is 0 Å². The molecule has 0 aliphatic heterocycles. The number of aromatic nitrogens is 1. The number of hydrogen-bond acceptors (Lipinski definition) is 3. The fourth-order valence-corrected chi connectivity index (χ4v) is 2.59. The Morgan fingerprint density at radius 2 is 2.05 bits per heavy atom. The highest BCUT2D eigenvalue weighted by Crippen LogP contribution is 2.32. The number of nitrogens with zero attached hydrogens (tertiary/aromatic N) is 1. The van der Waals surface area contributed by atoms with Gasteiger partial charge in [0.1, 0.15) is 0 Å². The van der Waals surface area contributed by atoms with E-state index in [0.717, 1.165) is 22.0 Å². The monoisotopic (exact) mass is 272 g/mol. The standard InChI is InChI=1S/C15H13ClN2O/c1-17-14(12-7-9-19-15(12)16)11-4-2-6-13-10(11)5-3-8-18-13/h2-9,14,17H,1H3. The summed E-state index contributed by atoms with van der Waals surface area (Å²) in [5.41, 5.74) is 3.04. The molecule has 0 fully saturated rings. The molecule has 0 saturated carbocycles. The van der Waals surface area contributed by atoms with Gasteiger partial charge in [0.15, 0.2) is 5.22 Å². The molecule has 2 aromatic heterocycles. The molecule has 0 saturated heterocycles. The number of benzene rings is 1. The third-order valence-corrected chi connectivity index (χ3v) is 3.54. The van der Waals surface area contributed by atoms with E-state index in [2.05, 4.69) is 22.4 Å². The van der Waals surface area contributed by atoms with Crippen LogP contribution in [0.15, 0.2) is 53.3 Å². The molecule has 0 spiro atoms. The summed E-state index contributed by atoms with van der Waals surface area (Å²) >= 11 is 6.09. The molecule has 3 aromatic rings. The molecule has 1 atom stereocenters. The number of pyridine rings is 1. The summed E-state index contributed by atoms with van der Waals surface area (Å²) in [6.07, 6.45) is 3.40. The second kappa shape index (κ2) is 5.03. The number of furan rings is 1.